The van der Waals surface area contributed by atoms with Gasteiger partial charge in [-0.3, -0.25) is 4.90 Å². The summed E-state index contributed by atoms with van der Waals surface area (Å²) in [7, 11) is 0. The Hall–Kier alpha value is -2.25. The van der Waals surface area contributed by atoms with Gasteiger partial charge in [-0.1, -0.05) is 12.1 Å². The summed E-state index contributed by atoms with van der Waals surface area (Å²) in [5, 5.41) is 0. The highest BCUT2D eigenvalue weighted by Gasteiger charge is 2.30. The number of hydrogen-bond donors (Lipinski definition) is 0. The van der Waals surface area contributed by atoms with Gasteiger partial charge in [0, 0.05) is 53.3 Å². The third kappa shape index (κ3) is 4.04. The van der Waals surface area contributed by atoms with Gasteiger partial charge in [-0.25, -0.2) is 9.97 Å². The molecule has 0 unspecified atom stereocenters. The first-order chi connectivity index (χ1) is 12.9. The van der Waals surface area contributed by atoms with Crippen LogP contribution in [0, 0.1) is 6.92 Å². The van der Waals surface area contributed by atoms with Gasteiger partial charge >= 0.3 is 6.18 Å². The number of alkyl halides is 3. The SMILES string of the molecule is Cc1ncc2c(n1)CCN(Cc1ccc(-c3ccc(C(F)(F)F)cc3)s1)C2. The number of nitrogens with zero attached hydrogens (tertiary/aromatic N) is 3. The molecule has 1 aromatic carbocycles. The van der Waals surface area contributed by atoms with Crippen molar-refractivity contribution in [1.82, 2.24) is 14.9 Å². The molecule has 7 heteroatoms. The maximum Gasteiger partial charge on any atom is 0.416 e. The molecule has 0 bridgehead atoms. The first-order valence-electron chi connectivity index (χ1n) is 8.68. The molecule has 3 aromatic rings. The summed E-state index contributed by atoms with van der Waals surface area (Å²) in [5.41, 5.74) is 2.50. The van der Waals surface area contributed by atoms with E-state index in [4.69, 9.17) is 0 Å². The lowest BCUT2D eigenvalue weighted by molar-refractivity contribution is -0.137. The zero-order chi connectivity index (χ0) is 19.0. The van der Waals surface area contributed by atoms with Crippen molar-refractivity contribution in [3.8, 4) is 10.4 Å². The van der Waals surface area contributed by atoms with Crippen LogP contribution in [0.5, 0.6) is 0 Å². The summed E-state index contributed by atoms with van der Waals surface area (Å²) in [6, 6.07) is 9.38. The van der Waals surface area contributed by atoms with Crippen LogP contribution in [-0.4, -0.2) is 21.4 Å². The molecule has 3 heterocycles. The number of aromatic nitrogens is 2. The maximum atomic E-state index is 12.7. The van der Waals surface area contributed by atoms with E-state index in [0.29, 0.717) is 0 Å². The number of aryl methyl sites for hydroxylation is 1. The van der Waals surface area contributed by atoms with Gasteiger partial charge in [0.15, 0.2) is 0 Å². The summed E-state index contributed by atoms with van der Waals surface area (Å²) < 4.78 is 38.1. The quantitative estimate of drug-likeness (QED) is 0.625. The van der Waals surface area contributed by atoms with E-state index < -0.39 is 11.7 Å². The fourth-order valence-corrected chi connectivity index (χ4v) is 4.33. The minimum absolute atomic E-state index is 0.618. The number of hydrogen-bond acceptors (Lipinski definition) is 4. The van der Waals surface area contributed by atoms with Gasteiger partial charge in [0.1, 0.15) is 5.82 Å². The molecule has 0 fully saturated rings. The van der Waals surface area contributed by atoms with E-state index >= 15 is 0 Å². The van der Waals surface area contributed by atoms with Gasteiger partial charge in [0.2, 0.25) is 0 Å². The van der Waals surface area contributed by atoms with Crippen molar-refractivity contribution < 1.29 is 13.2 Å². The standard InChI is InChI=1S/C20H18F3N3S/c1-13-24-10-15-11-26(9-8-18(15)25-13)12-17-6-7-19(27-17)14-2-4-16(5-3-14)20(21,22)23/h2-7,10H,8-9,11-12H2,1H3. The molecule has 1 aliphatic heterocycles. The Kier molecular flexibility index (Phi) is 4.74. The average Bonchev–Trinajstić information content (AvgIpc) is 3.10. The Morgan fingerprint density at radius 3 is 2.63 bits per heavy atom. The van der Waals surface area contributed by atoms with Gasteiger partial charge in [-0.05, 0) is 36.8 Å². The molecule has 2 aromatic heterocycles. The van der Waals surface area contributed by atoms with Crippen LogP contribution in [0.1, 0.15) is 27.5 Å². The van der Waals surface area contributed by atoms with Crippen molar-refractivity contribution in [2.45, 2.75) is 32.6 Å². The summed E-state index contributed by atoms with van der Waals surface area (Å²) in [6.07, 6.45) is -1.48. The van der Waals surface area contributed by atoms with Crippen LogP contribution in [0.25, 0.3) is 10.4 Å². The lowest BCUT2D eigenvalue weighted by Crippen LogP contribution is -2.30. The topological polar surface area (TPSA) is 29.0 Å². The molecule has 0 aliphatic carbocycles. The van der Waals surface area contributed by atoms with E-state index in [9.17, 15) is 13.2 Å². The third-order valence-electron chi connectivity index (χ3n) is 4.67. The second-order valence-corrected chi connectivity index (χ2v) is 7.86. The van der Waals surface area contributed by atoms with E-state index in [2.05, 4.69) is 20.9 Å². The van der Waals surface area contributed by atoms with Crippen molar-refractivity contribution in [1.29, 1.82) is 0 Å². The summed E-state index contributed by atoms with van der Waals surface area (Å²) >= 11 is 1.62. The highest BCUT2D eigenvalue weighted by Crippen LogP contribution is 2.33. The van der Waals surface area contributed by atoms with Gasteiger partial charge in [-0.2, -0.15) is 13.2 Å². The van der Waals surface area contributed by atoms with Crippen molar-refractivity contribution in [2.75, 3.05) is 6.54 Å². The molecule has 27 heavy (non-hydrogen) atoms. The maximum absolute atomic E-state index is 12.7. The van der Waals surface area contributed by atoms with E-state index in [0.717, 1.165) is 60.1 Å². The van der Waals surface area contributed by atoms with Gasteiger partial charge in [0.05, 0.1) is 5.56 Å². The largest absolute Gasteiger partial charge is 0.416 e. The van der Waals surface area contributed by atoms with Crippen LogP contribution in [0.3, 0.4) is 0 Å². The number of thiophene rings is 1. The van der Waals surface area contributed by atoms with E-state index in [-0.39, 0.29) is 0 Å². The Bertz CT molecular complexity index is 948. The van der Waals surface area contributed by atoms with Crippen LogP contribution < -0.4 is 0 Å². The fraction of sp³-hybridized carbons (Fsp3) is 0.300. The number of fused-ring (bicyclic) bond motifs is 1. The first-order valence-corrected chi connectivity index (χ1v) is 9.50. The molecule has 0 saturated carbocycles. The van der Waals surface area contributed by atoms with Crippen molar-refractivity contribution in [3.05, 3.63) is 70.1 Å². The molecule has 3 nitrogen and oxygen atoms in total. The van der Waals surface area contributed by atoms with E-state index in [1.54, 1.807) is 11.3 Å². The Balaban J connectivity index is 1.45. The van der Waals surface area contributed by atoms with Gasteiger partial charge < -0.3 is 0 Å². The van der Waals surface area contributed by atoms with E-state index in [1.165, 1.54) is 22.6 Å². The molecular formula is C20H18F3N3S. The van der Waals surface area contributed by atoms with Crippen molar-refractivity contribution in [2.24, 2.45) is 0 Å². The molecular weight excluding hydrogens is 371 g/mol. The second kappa shape index (κ2) is 7.05. The Morgan fingerprint density at radius 2 is 1.89 bits per heavy atom. The molecule has 140 valence electrons. The van der Waals surface area contributed by atoms with Crippen molar-refractivity contribution in [3.63, 3.8) is 0 Å². The fourth-order valence-electron chi connectivity index (χ4n) is 3.27. The molecule has 1 aliphatic rings. The van der Waals surface area contributed by atoms with Gasteiger partial charge in [-0.15, -0.1) is 11.3 Å². The smallest absolute Gasteiger partial charge is 0.293 e. The van der Waals surface area contributed by atoms with E-state index in [1.807, 2.05) is 19.2 Å². The lowest BCUT2D eigenvalue weighted by atomic mass is 10.1. The van der Waals surface area contributed by atoms with Crippen LogP contribution in [0.4, 0.5) is 13.2 Å². The summed E-state index contributed by atoms with van der Waals surface area (Å²) in [6.45, 7) is 4.49. The normalized spacial score (nSPS) is 15.0. The Labute approximate surface area is 159 Å². The monoisotopic (exact) mass is 389 g/mol. The summed E-state index contributed by atoms with van der Waals surface area (Å²) in [4.78, 5) is 13.3. The van der Waals surface area contributed by atoms with Crippen LogP contribution >= 0.6 is 11.3 Å². The molecule has 0 amide bonds. The number of rotatable bonds is 3. The molecule has 0 saturated heterocycles. The van der Waals surface area contributed by atoms with Crippen LogP contribution in [-0.2, 0) is 25.7 Å². The minimum Gasteiger partial charge on any atom is -0.293 e. The molecule has 0 spiro atoms. The predicted octanol–water partition coefficient (Wildman–Crippen LogP) is 5.09. The summed E-state index contributed by atoms with van der Waals surface area (Å²) in [5.74, 6) is 0.807. The van der Waals surface area contributed by atoms with Crippen LogP contribution in [0.15, 0.2) is 42.6 Å². The van der Waals surface area contributed by atoms with Crippen LogP contribution in [0.2, 0.25) is 0 Å². The lowest BCUT2D eigenvalue weighted by Gasteiger charge is -2.27. The molecule has 4 rings (SSSR count). The highest BCUT2D eigenvalue weighted by molar-refractivity contribution is 7.15. The second-order valence-electron chi connectivity index (χ2n) is 6.69. The van der Waals surface area contributed by atoms with Gasteiger partial charge in [0.25, 0.3) is 0 Å². The average molecular weight is 389 g/mol. The third-order valence-corrected chi connectivity index (χ3v) is 5.79. The highest BCUT2D eigenvalue weighted by atomic mass is 32.1. The molecule has 0 atom stereocenters. The Morgan fingerprint density at radius 1 is 1.11 bits per heavy atom. The molecule has 0 radical (unpaired) electrons. The minimum atomic E-state index is -4.30. The zero-order valence-corrected chi connectivity index (χ0v) is 15.6. The van der Waals surface area contributed by atoms with Crippen molar-refractivity contribution >= 4 is 11.3 Å². The number of benzene rings is 1. The molecule has 0 N–H and O–H groups in total. The predicted molar refractivity (Wildman–Crippen MR) is 99.3 cm³/mol. The number of halogens is 3. The first kappa shape index (κ1) is 18.1. The zero-order valence-electron chi connectivity index (χ0n) is 14.8.